The fourth-order valence-corrected chi connectivity index (χ4v) is 2.31. The molecule has 0 spiro atoms. The van der Waals surface area contributed by atoms with E-state index in [1.165, 1.54) is 0 Å². The van der Waals surface area contributed by atoms with Crippen LogP contribution in [-0.4, -0.2) is 34.7 Å². The number of hydrogen-bond acceptors (Lipinski definition) is 3. The molecule has 1 aliphatic rings. The standard InChI is InChI=1S/C12H21NO4/c1-7(14)5-4-6-13-10(15)8-9(11(16)17)12(8,2)3/h7-9,14H,4-6H2,1-3H3,(H,13,15)(H,16,17). The normalized spacial score (nSPS) is 27.3. The molecule has 1 rings (SSSR count). The molecule has 5 heteroatoms. The minimum absolute atomic E-state index is 0.187. The summed E-state index contributed by atoms with van der Waals surface area (Å²) in [7, 11) is 0. The molecule has 0 aromatic heterocycles. The second-order valence-electron chi connectivity index (χ2n) is 5.40. The summed E-state index contributed by atoms with van der Waals surface area (Å²) in [5.74, 6) is -2.09. The third-order valence-corrected chi connectivity index (χ3v) is 3.47. The number of hydrogen-bond donors (Lipinski definition) is 3. The van der Waals surface area contributed by atoms with E-state index in [2.05, 4.69) is 5.32 Å². The molecule has 1 fully saturated rings. The minimum atomic E-state index is -0.904. The summed E-state index contributed by atoms with van der Waals surface area (Å²) >= 11 is 0. The van der Waals surface area contributed by atoms with Gasteiger partial charge in [-0.05, 0) is 25.2 Å². The number of nitrogens with one attached hydrogen (secondary N) is 1. The van der Waals surface area contributed by atoms with Gasteiger partial charge in [0.15, 0.2) is 0 Å². The van der Waals surface area contributed by atoms with E-state index in [9.17, 15) is 9.59 Å². The molecular weight excluding hydrogens is 222 g/mol. The Balaban J connectivity index is 2.33. The van der Waals surface area contributed by atoms with Crippen molar-refractivity contribution in [3.05, 3.63) is 0 Å². The number of aliphatic hydroxyl groups excluding tert-OH is 1. The van der Waals surface area contributed by atoms with E-state index >= 15 is 0 Å². The number of carbonyl (C=O) groups excluding carboxylic acids is 1. The third kappa shape index (κ3) is 3.19. The quantitative estimate of drug-likeness (QED) is 0.597. The van der Waals surface area contributed by atoms with Gasteiger partial charge in [0.2, 0.25) is 5.91 Å². The molecule has 3 N–H and O–H groups in total. The molecule has 98 valence electrons. The van der Waals surface area contributed by atoms with Gasteiger partial charge in [0.05, 0.1) is 17.9 Å². The first-order chi connectivity index (χ1) is 7.78. The van der Waals surface area contributed by atoms with Gasteiger partial charge in [-0.25, -0.2) is 0 Å². The van der Waals surface area contributed by atoms with Crippen LogP contribution >= 0.6 is 0 Å². The highest BCUT2D eigenvalue weighted by Gasteiger charge is 2.65. The maximum Gasteiger partial charge on any atom is 0.307 e. The molecule has 1 aliphatic carbocycles. The molecule has 3 unspecified atom stereocenters. The Morgan fingerprint density at radius 2 is 1.94 bits per heavy atom. The van der Waals surface area contributed by atoms with Gasteiger partial charge in [-0.2, -0.15) is 0 Å². The number of aliphatic carboxylic acids is 1. The molecule has 0 radical (unpaired) electrons. The fraction of sp³-hybridized carbons (Fsp3) is 0.833. The average molecular weight is 243 g/mol. The Labute approximate surface area is 101 Å². The van der Waals surface area contributed by atoms with Gasteiger partial charge in [0.1, 0.15) is 0 Å². The Bertz CT molecular complexity index is 312. The van der Waals surface area contributed by atoms with Crippen LogP contribution in [0, 0.1) is 17.3 Å². The van der Waals surface area contributed by atoms with Crippen molar-refractivity contribution in [3.8, 4) is 0 Å². The maximum absolute atomic E-state index is 11.7. The van der Waals surface area contributed by atoms with Crippen molar-refractivity contribution in [2.24, 2.45) is 17.3 Å². The summed E-state index contributed by atoms with van der Waals surface area (Å²) in [5.41, 5.74) is -0.444. The van der Waals surface area contributed by atoms with Gasteiger partial charge in [-0.1, -0.05) is 13.8 Å². The molecule has 0 aromatic rings. The van der Waals surface area contributed by atoms with Gasteiger partial charge in [0, 0.05) is 6.54 Å². The lowest BCUT2D eigenvalue weighted by molar-refractivity contribution is -0.140. The van der Waals surface area contributed by atoms with Crippen molar-refractivity contribution >= 4 is 11.9 Å². The molecule has 0 bridgehead atoms. The van der Waals surface area contributed by atoms with Gasteiger partial charge in [-0.3, -0.25) is 9.59 Å². The number of carbonyl (C=O) groups is 2. The number of carboxylic acid groups (broad SMARTS) is 1. The Kier molecular flexibility index (Phi) is 4.14. The Morgan fingerprint density at radius 1 is 1.35 bits per heavy atom. The van der Waals surface area contributed by atoms with Crippen molar-refractivity contribution in [2.75, 3.05) is 6.54 Å². The van der Waals surface area contributed by atoms with E-state index in [0.29, 0.717) is 19.4 Å². The van der Waals surface area contributed by atoms with Crippen LogP contribution in [0.3, 0.4) is 0 Å². The summed E-state index contributed by atoms with van der Waals surface area (Å²) in [5, 5.41) is 20.7. The average Bonchev–Trinajstić information content (AvgIpc) is 2.76. The molecule has 5 nitrogen and oxygen atoms in total. The number of amides is 1. The largest absolute Gasteiger partial charge is 0.481 e. The summed E-state index contributed by atoms with van der Waals surface area (Å²) in [4.78, 5) is 22.6. The molecule has 17 heavy (non-hydrogen) atoms. The second kappa shape index (κ2) is 5.04. The molecule has 1 saturated carbocycles. The lowest BCUT2D eigenvalue weighted by Gasteiger charge is -2.07. The van der Waals surface area contributed by atoms with E-state index < -0.39 is 23.2 Å². The van der Waals surface area contributed by atoms with Crippen LogP contribution in [0.5, 0.6) is 0 Å². The SMILES string of the molecule is CC(O)CCCNC(=O)C1C(C(=O)O)C1(C)C. The zero-order chi connectivity index (χ0) is 13.2. The molecule has 0 heterocycles. The molecule has 3 atom stereocenters. The van der Waals surface area contributed by atoms with E-state index in [0.717, 1.165) is 0 Å². The van der Waals surface area contributed by atoms with Crippen LogP contribution < -0.4 is 5.32 Å². The lowest BCUT2D eigenvalue weighted by Crippen LogP contribution is -2.28. The van der Waals surface area contributed by atoms with Gasteiger partial charge >= 0.3 is 5.97 Å². The summed E-state index contributed by atoms with van der Waals surface area (Å²) < 4.78 is 0. The monoisotopic (exact) mass is 243 g/mol. The van der Waals surface area contributed by atoms with Crippen LogP contribution in [0.2, 0.25) is 0 Å². The number of carboxylic acids is 1. The smallest absolute Gasteiger partial charge is 0.307 e. The predicted molar refractivity (Wildman–Crippen MR) is 62.3 cm³/mol. The van der Waals surface area contributed by atoms with Crippen LogP contribution in [0.25, 0.3) is 0 Å². The zero-order valence-corrected chi connectivity index (χ0v) is 10.6. The van der Waals surface area contributed by atoms with Crippen molar-refractivity contribution < 1.29 is 19.8 Å². The van der Waals surface area contributed by atoms with Gasteiger partial charge < -0.3 is 15.5 Å². The number of rotatable bonds is 6. The van der Waals surface area contributed by atoms with Crippen LogP contribution in [0.4, 0.5) is 0 Å². The Hall–Kier alpha value is -1.10. The molecule has 0 aromatic carbocycles. The molecule has 1 amide bonds. The molecular formula is C12H21NO4. The van der Waals surface area contributed by atoms with Gasteiger partial charge in [-0.15, -0.1) is 0 Å². The third-order valence-electron chi connectivity index (χ3n) is 3.47. The van der Waals surface area contributed by atoms with E-state index in [1.54, 1.807) is 20.8 Å². The first-order valence-corrected chi connectivity index (χ1v) is 5.97. The first-order valence-electron chi connectivity index (χ1n) is 5.97. The summed E-state index contributed by atoms with van der Waals surface area (Å²) in [6.07, 6.45) is 0.974. The topological polar surface area (TPSA) is 86.6 Å². The Morgan fingerprint density at radius 3 is 2.35 bits per heavy atom. The van der Waals surface area contributed by atoms with Crippen molar-refractivity contribution in [1.82, 2.24) is 5.32 Å². The fourth-order valence-electron chi connectivity index (χ4n) is 2.31. The predicted octanol–water partition coefficient (Wildman–Crippen LogP) is 0.620. The van der Waals surface area contributed by atoms with Crippen molar-refractivity contribution in [1.29, 1.82) is 0 Å². The summed E-state index contributed by atoms with van der Waals surface area (Å²) in [6.45, 7) is 5.78. The number of aliphatic hydroxyl groups is 1. The van der Waals surface area contributed by atoms with E-state index in [-0.39, 0.29) is 12.0 Å². The van der Waals surface area contributed by atoms with Crippen LogP contribution in [-0.2, 0) is 9.59 Å². The van der Waals surface area contributed by atoms with Crippen molar-refractivity contribution in [2.45, 2.75) is 39.7 Å². The minimum Gasteiger partial charge on any atom is -0.481 e. The first kappa shape index (κ1) is 14.0. The summed E-state index contributed by atoms with van der Waals surface area (Å²) in [6, 6.07) is 0. The molecule has 0 aliphatic heterocycles. The van der Waals surface area contributed by atoms with E-state index in [4.69, 9.17) is 10.2 Å². The lowest BCUT2D eigenvalue weighted by atomic mass is 10.1. The highest BCUT2D eigenvalue weighted by Crippen LogP contribution is 2.58. The molecule has 0 saturated heterocycles. The van der Waals surface area contributed by atoms with Crippen molar-refractivity contribution in [3.63, 3.8) is 0 Å². The van der Waals surface area contributed by atoms with E-state index in [1.807, 2.05) is 0 Å². The van der Waals surface area contributed by atoms with Gasteiger partial charge in [0.25, 0.3) is 0 Å². The second-order valence-corrected chi connectivity index (χ2v) is 5.40. The van der Waals surface area contributed by atoms with Crippen LogP contribution in [0.1, 0.15) is 33.6 Å². The highest BCUT2D eigenvalue weighted by molar-refractivity contribution is 5.91. The van der Waals surface area contributed by atoms with Crippen LogP contribution in [0.15, 0.2) is 0 Å². The highest BCUT2D eigenvalue weighted by atomic mass is 16.4. The maximum atomic E-state index is 11.7. The zero-order valence-electron chi connectivity index (χ0n) is 10.6.